The number of halogens is 2. The van der Waals surface area contributed by atoms with E-state index >= 15 is 0 Å². The molecule has 0 bridgehead atoms. The Morgan fingerprint density at radius 3 is 2.56 bits per heavy atom. The fourth-order valence-electron chi connectivity index (χ4n) is 3.93. The molecule has 3 heterocycles. The first-order valence-electron chi connectivity index (χ1n) is 9.09. The normalized spacial score (nSPS) is 21.0. The maximum atomic E-state index is 13.0. The lowest BCUT2D eigenvalue weighted by molar-refractivity contribution is -0.00178. The van der Waals surface area contributed by atoms with Crippen LogP contribution in [0.4, 0.5) is 4.39 Å². The summed E-state index contributed by atoms with van der Waals surface area (Å²) in [6.45, 7) is 3.92. The third kappa shape index (κ3) is 4.58. The van der Waals surface area contributed by atoms with Gasteiger partial charge in [-0.1, -0.05) is 0 Å². The SMILES string of the molecule is Cl.O=C(CN1CCC(CN2Cc3ccsc3C2O)CC1)c1ccc(F)cc1. The van der Waals surface area contributed by atoms with E-state index in [1.807, 2.05) is 5.38 Å². The first-order valence-corrected chi connectivity index (χ1v) is 9.97. The molecule has 1 aromatic carbocycles. The number of rotatable bonds is 5. The minimum Gasteiger partial charge on any atom is -0.373 e. The minimum atomic E-state index is -0.455. The number of piperidine rings is 1. The molecule has 1 atom stereocenters. The third-order valence-electron chi connectivity index (χ3n) is 5.47. The molecule has 27 heavy (non-hydrogen) atoms. The van der Waals surface area contributed by atoms with Crippen LogP contribution in [0.3, 0.4) is 0 Å². The highest BCUT2D eigenvalue weighted by Gasteiger charge is 2.32. The van der Waals surface area contributed by atoms with Gasteiger partial charge in [0.2, 0.25) is 0 Å². The number of Topliss-reactive ketones (excluding diaryl/α,β-unsaturated/α-hetero) is 1. The first kappa shape index (κ1) is 20.4. The van der Waals surface area contributed by atoms with E-state index in [-0.39, 0.29) is 24.0 Å². The number of benzene rings is 1. The number of aliphatic hydroxyl groups is 1. The number of likely N-dealkylation sites (tertiary alicyclic amines) is 1. The van der Waals surface area contributed by atoms with Gasteiger partial charge in [-0.2, -0.15) is 0 Å². The lowest BCUT2D eigenvalue weighted by atomic mass is 9.95. The number of aliphatic hydroxyl groups excluding tert-OH is 1. The highest BCUT2D eigenvalue weighted by Crippen LogP contribution is 2.36. The molecule has 0 saturated carbocycles. The van der Waals surface area contributed by atoms with Crippen molar-refractivity contribution in [3.8, 4) is 0 Å². The van der Waals surface area contributed by atoms with Crippen LogP contribution in [-0.4, -0.2) is 46.9 Å². The van der Waals surface area contributed by atoms with Crippen LogP contribution in [0, 0.1) is 11.7 Å². The number of ketones is 1. The summed E-state index contributed by atoms with van der Waals surface area (Å²) in [4.78, 5) is 17.7. The van der Waals surface area contributed by atoms with E-state index in [0.717, 1.165) is 43.9 Å². The number of fused-ring (bicyclic) bond motifs is 1. The summed E-state index contributed by atoms with van der Waals surface area (Å²) in [5.74, 6) is 0.277. The summed E-state index contributed by atoms with van der Waals surface area (Å²) >= 11 is 1.63. The molecule has 2 aliphatic rings. The maximum Gasteiger partial charge on any atom is 0.176 e. The van der Waals surface area contributed by atoms with Gasteiger partial charge in [-0.15, -0.1) is 23.7 Å². The minimum absolute atomic E-state index is 0. The van der Waals surface area contributed by atoms with E-state index in [2.05, 4.69) is 15.9 Å². The zero-order valence-electron chi connectivity index (χ0n) is 15.0. The molecular weight excluding hydrogens is 387 g/mol. The zero-order chi connectivity index (χ0) is 18.1. The second kappa shape index (κ2) is 8.80. The molecule has 2 aromatic rings. The van der Waals surface area contributed by atoms with Gasteiger partial charge >= 0.3 is 0 Å². The van der Waals surface area contributed by atoms with Gasteiger partial charge in [0.05, 0.1) is 11.4 Å². The summed E-state index contributed by atoms with van der Waals surface area (Å²) in [6.07, 6.45) is 1.62. The molecule has 1 fully saturated rings. The smallest absolute Gasteiger partial charge is 0.176 e. The molecule has 7 heteroatoms. The van der Waals surface area contributed by atoms with Gasteiger partial charge < -0.3 is 5.11 Å². The van der Waals surface area contributed by atoms with Crippen LogP contribution in [0.15, 0.2) is 35.7 Å². The Kier molecular flexibility index (Phi) is 6.65. The van der Waals surface area contributed by atoms with Gasteiger partial charge in [0.15, 0.2) is 5.78 Å². The van der Waals surface area contributed by atoms with Gasteiger partial charge in [0.1, 0.15) is 12.0 Å². The zero-order valence-corrected chi connectivity index (χ0v) is 16.6. The standard InChI is InChI=1S/C20H23FN2O2S.ClH/c21-17-3-1-15(2-4-17)18(24)13-22-8-5-14(6-9-22)11-23-12-16-7-10-26-19(16)20(23)25;/h1-4,7,10,14,20,25H,5-6,8-9,11-13H2;1H. The summed E-state index contributed by atoms with van der Waals surface area (Å²) in [7, 11) is 0. The average Bonchev–Trinajstić information content (AvgIpc) is 3.21. The van der Waals surface area contributed by atoms with Crippen molar-refractivity contribution in [2.75, 3.05) is 26.2 Å². The van der Waals surface area contributed by atoms with E-state index in [1.54, 1.807) is 23.5 Å². The van der Waals surface area contributed by atoms with E-state index in [0.29, 0.717) is 18.0 Å². The quantitative estimate of drug-likeness (QED) is 0.763. The first-order chi connectivity index (χ1) is 12.6. The summed E-state index contributed by atoms with van der Waals surface area (Å²) < 4.78 is 13.0. The number of carbonyl (C=O) groups is 1. The van der Waals surface area contributed by atoms with Crippen molar-refractivity contribution in [3.05, 3.63) is 57.5 Å². The molecule has 4 nitrogen and oxygen atoms in total. The summed E-state index contributed by atoms with van der Waals surface area (Å²) in [5, 5.41) is 12.5. The molecule has 4 rings (SSSR count). The monoisotopic (exact) mass is 410 g/mol. The van der Waals surface area contributed by atoms with E-state index in [1.165, 1.54) is 17.7 Å². The van der Waals surface area contributed by atoms with Gasteiger partial charge in [-0.05, 0) is 73.1 Å². The Morgan fingerprint density at radius 1 is 1.19 bits per heavy atom. The predicted molar refractivity (Wildman–Crippen MR) is 107 cm³/mol. The molecule has 1 aromatic heterocycles. The van der Waals surface area contributed by atoms with Gasteiger partial charge in [-0.25, -0.2) is 4.39 Å². The van der Waals surface area contributed by atoms with Crippen LogP contribution in [0.2, 0.25) is 0 Å². The van der Waals surface area contributed by atoms with Crippen molar-refractivity contribution in [1.82, 2.24) is 9.80 Å². The van der Waals surface area contributed by atoms with E-state index in [4.69, 9.17) is 0 Å². The summed E-state index contributed by atoms with van der Waals surface area (Å²) in [5.41, 5.74) is 1.82. The maximum absolute atomic E-state index is 13.0. The van der Waals surface area contributed by atoms with Crippen LogP contribution in [0.1, 0.15) is 39.9 Å². The molecule has 2 aliphatic heterocycles. The number of nitrogens with zero attached hydrogens (tertiary/aromatic N) is 2. The van der Waals surface area contributed by atoms with Crippen molar-refractivity contribution >= 4 is 29.5 Å². The van der Waals surface area contributed by atoms with E-state index < -0.39 is 6.23 Å². The molecular formula is C20H24ClFN2O2S. The van der Waals surface area contributed by atoms with Crippen molar-refractivity contribution < 1.29 is 14.3 Å². The van der Waals surface area contributed by atoms with Crippen LogP contribution >= 0.6 is 23.7 Å². The van der Waals surface area contributed by atoms with Crippen LogP contribution < -0.4 is 0 Å². The Morgan fingerprint density at radius 2 is 1.89 bits per heavy atom. The third-order valence-corrected chi connectivity index (χ3v) is 6.47. The van der Waals surface area contributed by atoms with Crippen LogP contribution in [0.25, 0.3) is 0 Å². The number of hydrogen-bond acceptors (Lipinski definition) is 5. The van der Waals surface area contributed by atoms with Crippen molar-refractivity contribution in [2.45, 2.75) is 25.6 Å². The number of carbonyl (C=O) groups excluding carboxylic acids is 1. The highest BCUT2D eigenvalue weighted by molar-refractivity contribution is 7.10. The fraction of sp³-hybridized carbons (Fsp3) is 0.450. The number of hydrogen-bond donors (Lipinski definition) is 1. The predicted octanol–water partition coefficient (Wildman–Crippen LogP) is 3.71. The molecule has 0 aliphatic carbocycles. The van der Waals surface area contributed by atoms with Crippen molar-refractivity contribution in [2.24, 2.45) is 5.92 Å². The van der Waals surface area contributed by atoms with Gasteiger partial charge in [0.25, 0.3) is 0 Å². The second-order valence-corrected chi connectivity index (χ2v) is 8.21. The van der Waals surface area contributed by atoms with Crippen LogP contribution in [0.5, 0.6) is 0 Å². The lowest BCUT2D eigenvalue weighted by Gasteiger charge is -2.34. The largest absolute Gasteiger partial charge is 0.373 e. The van der Waals surface area contributed by atoms with Gasteiger partial charge in [-0.3, -0.25) is 14.6 Å². The topological polar surface area (TPSA) is 43.8 Å². The van der Waals surface area contributed by atoms with Gasteiger partial charge in [0, 0.05) is 18.7 Å². The highest BCUT2D eigenvalue weighted by atomic mass is 35.5. The Bertz CT molecular complexity index is 775. The Hall–Kier alpha value is -1.31. The molecule has 1 saturated heterocycles. The van der Waals surface area contributed by atoms with Crippen LogP contribution in [-0.2, 0) is 6.54 Å². The fourth-order valence-corrected chi connectivity index (χ4v) is 4.86. The van der Waals surface area contributed by atoms with Crippen molar-refractivity contribution in [1.29, 1.82) is 0 Å². The van der Waals surface area contributed by atoms with Crippen molar-refractivity contribution in [3.63, 3.8) is 0 Å². The second-order valence-electron chi connectivity index (χ2n) is 7.26. The Labute approximate surface area is 169 Å². The summed E-state index contributed by atoms with van der Waals surface area (Å²) in [6, 6.07) is 7.88. The molecule has 0 spiro atoms. The average molecular weight is 411 g/mol. The number of thiophene rings is 1. The lowest BCUT2D eigenvalue weighted by Crippen LogP contribution is -2.40. The molecule has 1 N–H and O–H groups in total. The molecule has 1 unspecified atom stereocenters. The molecule has 146 valence electrons. The molecule has 0 radical (unpaired) electrons. The van der Waals surface area contributed by atoms with E-state index in [9.17, 15) is 14.3 Å². The Balaban J connectivity index is 0.00000210. The molecule has 0 amide bonds.